The topological polar surface area (TPSA) is 237 Å². The molecule has 19 heteroatoms. The van der Waals surface area contributed by atoms with Gasteiger partial charge in [0, 0.05) is 25.7 Å². The molecule has 17 nitrogen and oxygen atoms in total. The number of phosphoric ester groups is 2. The van der Waals surface area contributed by atoms with Gasteiger partial charge in [-0.2, -0.15) is 0 Å². The zero-order valence-corrected chi connectivity index (χ0v) is 60.8. The van der Waals surface area contributed by atoms with Gasteiger partial charge in [-0.3, -0.25) is 37.3 Å². The van der Waals surface area contributed by atoms with Crippen molar-refractivity contribution in [3.63, 3.8) is 0 Å². The minimum atomic E-state index is -4.96. The second-order valence-electron chi connectivity index (χ2n) is 25.6. The highest BCUT2D eigenvalue weighted by atomic mass is 31.2. The molecular formula is C73H138O17P2. The van der Waals surface area contributed by atoms with Crippen LogP contribution in [0.5, 0.6) is 0 Å². The van der Waals surface area contributed by atoms with Gasteiger partial charge < -0.3 is 33.8 Å². The average molecular weight is 1350 g/mol. The Kier molecular flexibility index (Phi) is 65.3. The molecule has 0 rings (SSSR count). The Hall–Kier alpha value is -2.46. The number of phosphoric acid groups is 2. The van der Waals surface area contributed by atoms with Crippen LogP contribution in [0.4, 0.5) is 0 Å². The summed E-state index contributed by atoms with van der Waals surface area (Å²) in [6.45, 7) is 4.82. The van der Waals surface area contributed by atoms with Crippen LogP contribution in [0.1, 0.15) is 362 Å². The molecule has 5 atom stereocenters. The molecule has 92 heavy (non-hydrogen) atoms. The van der Waals surface area contributed by atoms with E-state index >= 15 is 0 Å². The monoisotopic (exact) mass is 1350 g/mol. The summed E-state index contributed by atoms with van der Waals surface area (Å²) < 4.78 is 68.2. The Morgan fingerprint density at radius 1 is 0.304 bits per heavy atom. The highest BCUT2D eigenvalue weighted by molar-refractivity contribution is 7.47. The lowest BCUT2D eigenvalue weighted by Crippen LogP contribution is -2.30. The smallest absolute Gasteiger partial charge is 0.462 e. The van der Waals surface area contributed by atoms with Crippen LogP contribution in [0.3, 0.4) is 0 Å². The second-order valence-corrected chi connectivity index (χ2v) is 28.6. The highest BCUT2D eigenvalue weighted by Gasteiger charge is 2.30. The van der Waals surface area contributed by atoms with Crippen LogP contribution in [0, 0.1) is 0 Å². The fraction of sp³-hybridized carbons (Fsp3) is 0.890. The van der Waals surface area contributed by atoms with Gasteiger partial charge in [0.15, 0.2) is 12.2 Å². The number of hydrogen-bond acceptors (Lipinski definition) is 15. The SMILES string of the molecule is CCCCCC/C=C\C=C/CCCCCCCC(=O)OC[C@H](COP(=O)(O)OC[C@@H](O)COP(=O)(O)OC[C@@H](COC(=O)CCCCCCC)OC(=O)CCCCCCCCCCCCCCCC)OC(=O)CCCCCCCCCCCCCCCCCCCC. The number of esters is 4. The summed E-state index contributed by atoms with van der Waals surface area (Å²) in [4.78, 5) is 72.4. The van der Waals surface area contributed by atoms with Crippen LogP contribution >= 0.6 is 15.6 Å². The van der Waals surface area contributed by atoms with E-state index in [1.165, 1.54) is 167 Å². The average Bonchev–Trinajstić information content (AvgIpc) is 3.74. The molecule has 0 aliphatic carbocycles. The molecule has 3 N–H and O–H groups in total. The van der Waals surface area contributed by atoms with Gasteiger partial charge in [-0.25, -0.2) is 9.13 Å². The van der Waals surface area contributed by atoms with Crippen LogP contribution in [0.25, 0.3) is 0 Å². The van der Waals surface area contributed by atoms with Crippen molar-refractivity contribution in [1.82, 2.24) is 0 Å². The lowest BCUT2D eigenvalue weighted by Gasteiger charge is -2.21. The fourth-order valence-electron chi connectivity index (χ4n) is 10.7. The first-order valence-corrected chi connectivity index (χ1v) is 40.6. The quantitative estimate of drug-likeness (QED) is 0.0169. The molecule has 0 aliphatic rings. The zero-order chi connectivity index (χ0) is 67.5. The molecule has 0 amide bonds. The molecule has 542 valence electrons. The Morgan fingerprint density at radius 2 is 0.522 bits per heavy atom. The molecule has 0 aromatic carbocycles. The predicted octanol–water partition coefficient (Wildman–Crippen LogP) is 21.0. The van der Waals surface area contributed by atoms with Gasteiger partial charge >= 0.3 is 39.5 Å². The van der Waals surface area contributed by atoms with E-state index in [9.17, 15) is 43.2 Å². The van der Waals surface area contributed by atoms with Crippen LogP contribution in [0.15, 0.2) is 24.3 Å². The van der Waals surface area contributed by atoms with Gasteiger partial charge in [-0.1, -0.05) is 309 Å². The number of aliphatic hydroxyl groups excluding tert-OH is 1. The van der Waals surface area contributed by atoms with Crippen LogP contribution in [-0.2, 0) is 65.4 Å². The molecule has 0 heterocycles. The lowest BCUT2D eigenvalue weighted by atomic mass is 10.0. The second kappa shape index (κ2) is 67.1. The van der Waals surface area contributed by atoms with Crippen molar-refractivity contribution in [3.05, 3.63) is 24.3 Å². The summed E-state index contributed by atoms with van der Waals surface area (Å²) in [6, 6.07) is 0. The maximum atomic E-state index is 13.0. The van der Waals surface area contributed by atoms with Crippen molar-refractivity contribution >= 4 is 39.5 Å². The number of carbonyl (C=O) groups excluding carboxylic acids is 4. The van der Waals surface area contributed by atoms with E-state index < -0.39 is 97.5 Å². The molecule has 0 spiro atoms. The number of unbranched alkanes of at least 4 members (excludes halogenated alkanes) is 43. The summed E-state index contributed by atoms with van der Waals surface area (Å²) in [6.07, 6.45) is 59.4. The van der Waals surface area contributed by atoms with Gasteiger partial charge in [-0.05, 0) is 51.4 Å². The van der Waals surface area contributed by atoms with Crippen LogP contribution in [0.2, 0.25) is 0 Å². The molecule has 0 bridgehead atoms. The standard InChI is InChI=1S/C73H138O17P2/c1-5-9-13-17-20-23-26-29-32-33-34-36-39-42-45-48-52-56-60-73(78)90-69(64-84-71(76)58-54-50-46-43-40-38-35-30-27-24-21-18-14-10-6-2)66-88-92(81,82)86-62-67(74)61-85-91(79,80)87-65-68(63-83-70(75)57-53-49-16-12-8-4)89-72(77)59-55-51-47-44-41-37-31-28-25-22-19-15-11-7-3/h24,27,30,35,67-69,74H,5-23,25-26,28-29,31-34,36-66H2,1-4H3,(H,79,80)(H,81,82)/b27-24-,35-30-/t67-,68+,69+/m0/s1. The van der Waals surface area contributed by atoms with E-state index in [2.05, 4.69) is 52.0 Å². The maximum Gasteiger partial charge on any atom is 0.472 e. The van der Waals surface area contributed by atoms with Crippen molar-refractivity contribution < 1.29 is 80.2 Å². The summed E-state index contributed by atoms with van der Waals surface area (Å²) in [5.41, 5.74) is 0. The maximum absolute atomic E-state index is 13.0. The Bertz CT molecular complexity index is 1850. The van der Waals surface area contributed by atoms with Crippen molar-refractivity contribution in [2.75, 3.05) is 39.6 Å². The van der Waals surface area contributed by atoms with E-state index in [1.807, 2.05) is 0 Å². The summed E-state index contributed by atoms with van der Waals surface area (Å²) in [7, 11) is -9.91. The summed E-state index contributed by atoms with van der Waals surface area (Å²) >= 11 is 0. The number of carbonyl (C=O) groups is 4. The van der Waals surface area contributed by atoms with Gasteiger partial charge in [0.1, 0.15) is 19.3 Å². The van der Waals surface area contributed by atoms with Crippen molar-refractivity contribution in [3.8, 4) is 0 Å². The number of allylic oxidation sites excluding steroid dienone is 4. The van der Waals surface area contributed by atoms with E-state index in [0.717, 1.165) is 116 Å². The molecular weight excluding hydrogens is 1210 g/mol. The van der Waals surface area contributed by atoms with E-state index in [0.29, 0.717) is 25.7 Å². The van der Waals surface area contributed by atoms with E-state index in [4.69, 9.17) is 37.0 Å². The lowest BCUT2D eigenvalue weighted by molar-refractivity contribution is -0.161. The Morgan fingerprint density at radius 3 is 0.793 bits per heavy atom. The van der Waals surface area contributed by atoms with Gasteiger partial charge in [0.2, 0.25) is 0 Å². The third-order valence-electron chi connectivity index (χ3n) is 16.5. The minimum absolute atomic E-state index is 0.102. The molecule has 2 unspecified atom stereocenters. The number of rotatable bonds is 72. The zero-order valence-electron chi connectivity index (χ0n) is 59.0. The first kappa shape index (κ1) is 89.5. The fourth-order valence-corrected chi connectivity index (χ4v) is 12.3. The van der Waals surface area contributed by atoms with Crippen LogP contribution in [-0.4, -0.2) is 96.7 Å². The van der Waals surface area contributed by atoms with Crippen molar-refractivity contribution in [2.45, 2.75) is 380 Å². The van der Waals surface area contributed by atoms with Crippen LogP contribution < -0.4 is 0 Å². The van der Waals surface area contributed by atoms with E-state index in [1.54, 1.807) is 0 Å². The number of ether oxygens (including phenoxy) is 4. The van der Waals surface area contributed by atoms with Gasteiger partial charge in [0.25, 0.3) is 0 Å². The van der Waals surface area contributed by atoms with E-state index in [-0.39, 0.29) is 25.7 Å². The Balaban J connectivity index is 5.18. The predicted molar refractivity (Wildman–Crippen MR) is 372 cm³/mol. The largest absolute Gasteiger partial charge is 0.472 e. The molecule has 0 saturated carbocycles. The molecule has 0 fully saturated rings. The summed E-state index contributed by atoms with van der Waals surface area (Å²) in [5.74, 6) is -2.16. The molecule has 0 aromatic heterocycles. The minimum Gasteiger partial charge on any atom is -0.462 e. The van der Waals surface area contributed by atoms with Gasteiger partial charge in [0.05, 0.1) is 26.4 Å². The first-order valence-electron chi connectivity index (χ1n) is 37.6. The van der Waals surface area contributed by atoms with Crippen molar-refractivity contribution in [2.24, 2.45) is 0 Å². The van der Waals surface area contributed by atoms with Crippen molar-refractivity contribution in [1.29, 1.82) is 0 Å². The van der Waals surface area contributed by atoms with Gasteiger partial charge in [-0.15, -0.1) is 0 Å². The highest BCUT2D eigenvalue weighted by Crippen LogP contribution is 2.45. The number of aliphatic hydroxyl groups is 1. The number of hydrogen-bond donors (Lipinski definition) is 3. The molecule has 0 aromatic rings. The first-order chi connectivity index (χ1) is 44.7. The molecule has 0 radical (unpaired) electrons. The molecule has 0 aliphatic heterocycles. The third kappa shape index (κ3) is 66.2. The molecule has 0 saturated heterocycles. The summed E-state index contributed by atoms with van der Waals surface area (Å²) in [5, 5.41) is 10.6. The Labute approximate surface area is 561 Å². The normalized spacial score (nSPS) is 14.1. The third-order valence-corrected chi connectivity index (χ3v) is 18.4.